The Morgan fingerprint density at radius 1 is 1.22 bits per heavy atom. The summed E-state index contributed by atoms with van der Waals surface area (Å²) >= 11 is 2.69. The molecule has 0 aliphatic heterocycles. The normalized spacial score (nSPS) is 12.1. The number of carbonyl (C=O) groups is 1. The molecule has 0 amide bonds. The zero-order valence-corrected chi connectivity index (χ0v) is 11.5. The Morgan fingerprint density at radius 2 is 1.94 bits per heavy atom. The van der Waals surface area contributed by atoms with Crippen LogP contribution < -0.4 is 4.74 Å². The van der Waals surface area contributed by atoms with Crippen LogP contribution in [0.15, 0.2) is 42.5 Å². The highest BCUT2D eigenvalue weighted by atomic mass is 79.9. The van der Waals surface area contributed by atoms with E-state index in [-0.39, 0.29) is 0 Å². The van der Waals surface area contributed by atoms with Gasteiger partial charge in [0.05, 0.1) is 0 Å². The highest BCUT2D eigenvalue weighted by Crippen LogP contribution is 2.26. The molecule has 0 aliphatic carbocycles. The Labute approximate surface area is 114 Å². The lowest BCUT2D eigenvalue weighted by Crippen LogP contribution is -2.26. The molecule has 0 N–H and O–H groups in total. The number of rotatable bonds is 4. The van der Waals surface area contributed by atoms with Gasteiger partial charge in [-0.25, -0.2) is 4.79 Å². The van der Waals surface area contributed by atoms with Gasteiger partial charge >= 0.3 is 5.97 Å². The van der Waals surface area contributed by atoms with Crippen molar-refractivity contribution >= 4 is 33.0 Å². The van der Waals surface area contributed by atoms with Crippen molar-refractivity contribution in [3.63, 3.8) is 0 Å². The molecule has 0 radical (unpaired) electrons. The van der Waals surface area contributed by atoms with Crippen molar-refractivity contribution in [1.82, 2.24) is 0 Å². The number of ether oxygens (including phenoxy) is 1. The maximum absolute atomic E-state index is 11.5. The Balaban J connectivity index is 2.33. The smallest absolute Gasteiger partial charge is 0.358 e. The third kappa shape index (κ3) is 2.64. The van der Waals surface area contributed by atoms with Crippen molar-refractivity contribution in [2.45, 2.75) is 19.4 Å². The van der Waals surface area contributed by atoms with Crippen molar-refractivity contribution in [2.24, 2.45) is 0 Å². The summed E-state index contributed by atoms with van der Waals surface area (Å²) in [4.78, 5) is 11.5. The molecule has 0 aromatic heterocycles. The minimum atomic E-state index is -0.602. The van der Waals surface area contributed by atoms with Gasteiger partial charge in [-0.05, 0) is 17.9 Å². The van der Waals surface area contributed by atoms with E-state index < -0.39 is 12.1 Å². The second-order valence-corrected chi connectivity index (χ2v) is 4.21. The van der Waals surface area contributed by atoms with E-state index in [9.17, 15) is 4.79 Å². The number of hydrogen-bond donors (Lipinski definition) is 0. The first kappa shape index (κ1) is 12.9. The first-order valence-corrected chi connectivity index (χ1v) is 6.38. The molecule has 1 atom stereocenters. The van der Waals surface area contributed by atoms with Gasteiger partial charge in [-0.3, -0.25) is 0 Å². The third-order valence-corrected chi connectivity index (χ3v) is 3.05. The molecule has 2 rings (SSSR count). The van der Waals surface area contributed by atoms with Crippen LogP contribution in [-0.4, -0.2) is 12.1 Å². The summed E-state index contributed by atoms with van der Waals surface area (Å²) < 4.78 is 10.3. The number of halogens is 1. The maximum atomic E-state index is 11.5. The van der Waals surface area contributed by atoms with Crippen LogP contribution in [0.3, 0.4) is 0 Å². The fourth-order valence-corrected chi connectivity index (χ4v) is 2.01. The van der Waals surface area contributed by atoms with Gasteiger partial charge in [0, 0.05) is 5.39 Å². The van der Waals surface area contributed by atoms with Crippen molar-refractivity contribution < 1.29 is 13.4 Å². The topological polar surface area (TPSA) is 35.5 Å². The average Bonchev–Trinajstić information content (AvgIpc) is 2.44. The van der Waals surface area contributed by atoms with Crippen LogP contribution in [0.1, 0.15) is 13.3 Å². The van der Waals surface area contributed by atoms with Crippen LogP contribution in [-0.2, 0) is 8.62 Å². The Bertz CT molecular complexity index is 548. The zero-order chi connectivity index (χ0) is 13.0. The van der Waals surface area contributed by atoms with E-state index in [1.807, 2.05) is 49.4 Å². The molecule has 94 valence electrons. The highest BCUT2D eigenvalue weighted by Gasteiger charge is 2.20. The van der Waals surface area contributed by atoms with Crippen LogP contribution in [0.5, 0.6) is 5.75 Å². The Morgan fingerprint density at radius 3 is 2.67 bits per heavy atom. The van der Waals surface area contributed by atoms with Crippen molar-refractivity contribution in [3.05, 3.63) is 42.5 Å². The summed E-state index contributed by atoms with van der Waals surface area (Å²) in [5.41, 5.74) is 0. The summed E-state index contributed by atoms with van der Waals surface area (Å²) in [6.45, 7) is 1.87. The second kappa shape index (κ2) is 5.87. The van der Waals surface area contributed by atoms with Crippen LogP contribution in [0.2, 0.25) is 0 Å². The summed E-state index contributed by atoms with van der Waals surface area (Å²) in [5, 5.41) is 2.07. The molecule has 0 fully saturated rings. The molecular formula is C14H13BrO3. The molecule has 2 aromatic carbocycles. The van der Waals surface area contributed by atoms with E-state index in [4.69, 9.17) is 4.74 Å². The van der Waals surface area contributed by atoms with Gasteiger partial charge in [0.15, 0.2) is 22.4 Å². The standard InChI is InChI=1S/C14H13BrO3/c1-2-12(14(16)18-15)17-13-9-5-7-10-6-3-4-8-11(10)13/h3-9,12H,2H2,1H3. The number of benzene rings is 2. The van der Waals surface area contributed by atoms with Gasteiger partial charge in [0.1, 0.15) is 5.75 Å². The van der Waals surface area contributed by atoms with Crippen LogP contribution in [0, 0.1) is 0 Å². The lowest BCUT2D eigenvalue weighted by atomic mass is 10.1. The molecule has 4 heteroatoms. The minimum absolute atomic E-state index is 0.426. The van der Waals surface area contributed by atoms with Gasteiger partial charge in [-0.15, -0.1) is 0 Å². The lowest BCUT2D eigenvalue weighted by molar-refractivity contribution is -0.140. The molecule has 0 spiro atoms. The van der Waals surface area contributed by atoms with Crippen molar-refractivity contribution in [1.29, 1.82) is 0 Å². The average molecular weight is 309 g/mol. The molecule has 0 bridgehead atoms. The van der Waals surface area contributed by atoms with Gasteiger partial charge in [-0.2, -0.15) is 0 Å². The number of carbonyl (C=O) groups excluding carboxylic acids is 1. The Kier molecular flexibility index (Phi) is 4.20. The van der Waals surface area contributed by atoms with E-state index in [1.54, 1.807) is 0 Å². The number of fused-ring (bicyclic) bond motifs is 1. The van der Waals surface area contributed by atoms with Gasteiger partial charge in [0.25, 0.3) is 0 Å². The molecule has 0 saturated carbocycles. The Hall–Kier alpha value is -1.55. The molecule has 18 heavy (non-hydrogen) atoms. The van der Waals surface area contributed by atoms with Gasteiger partial charge in [-0.1, -0.05) is 43.3 Å². The maximum Gasteiger partial charge on any atom is 0.358 e. The quantitative estimate of drug-likeness (QED) is 0.860. The largest absolute Gasteiger partial charge is 0.478 e. The SMILES string of the molecule is CCC(Oc1cccc2ccccc12)C(=O)OBr. The fourth-order valence-electron chi connectivity index (χ4n) is 1.80. The molecule has 2 aromatic rings. The lowest BCUT2D eigenvalue weighted by Gasteiger charge is -2.15. The highest BCUT2D eigenvalue weighted by molar-refractivity contribution is 9.06. The monoisotopic (exact) mass is 308 g/mol. The molecule has 0 aliphatic rings. The molecule has 3 nitrogen and oxygen atoms in total. The molecule has 0 heterocycles. The van der Waals surface area contributed by atoms with E-state index in [0.717, 1.165) is 10.8 Å². The summed E-state index contributed by atoms with van der Waals surface area (Å²) in [6, 6.07) is 13.7. The van der Waals surface area contributed by atoms with Crippen molar-refractivity contribution in [2.75, 3.05) is 0 Å². The molecule has 0 saturated heterocycles. The first-order chi connectivity index (χ1) is 8.76. The van der Waals surface area contributed by atoms with E-state index in [1.165, 1.54) is 0 Å². The summed E-state index contributed by atoms with van der Waals surface area (Å²) in [5.74, 6) is 0.267. The predicted molar refractivity (Wildman–Crippen MR) is 73.7 cm³/mol. The summed E-state index contributed by atoms with van der Waals surface area (Å²) in [7, 11) is 0. The van der Waals surface area contributed by atoms with E-state index >= 15 is 0 Å². The fraction of sp³-hybridized carbons (Fsp3) is 0.214. The second-order valence-electron chi connectivity index (χ2n) is 3.89. The predicted octanol–water partition coefficient (Wildman–Crippen LogP) is 3.85. The third-order valence-electron chi connectivity index (χ3n) is 2.73. The zero-order valence-electron chi connectivity index (χ0n) is 9.93. The van der Waals surface area contributed by atoms with Gasteiger partial charge < -0.3 is 8.57 Å². The van der Waals surface area contributed by atoms with Crippen LogP contribution >= 0.6 is 16.3 Å². The van der Waals surface area contributed by atoms with Crippen LogP contribution in [0.4, 0.5) is 0 Å². The first-order valence-electron chi connectivity index (χ1n) is 5.73. The molecule has 1 unspecified atom stereocenters. The molecular weight excluding hydrogens is 296 g/mol. The summed E-state index contributed by atoms with van der Waals surface area (Å²) in [6.07, 6.45) is -0.0524. The van der Waals surface area contributed by atoms with E-state index in [2.05, 4.69) is 20.1 Å². The van der Waals surface area contributed by atoms with E-state index in [0.29, 0.717) is 12.2 Å². The number of hydrogen-bond acceptors (Lipinski definition) is 3. The van der Waals surface area contributed by atoms with Crippen molar-refractivity contribution in [3.8, 4) is 5.75 Å². The van der Waals surface area contributed by atoms with Crippen LogP contribution in [0.25, 0.3) is 10.8 Å². The minimum Gasteiger partial charge on any atom is -0.478 e. The van der Waals surface area contributed by atoms with Gasteiger partial charge in [0.2, 0.25) is 0 Å².